The van der Waals surface area contributed by atoms with Gasteiger partial charge in [0, 0.05) is 25.7 Å². The van der Waals surface area contributed by atoms with Gasteiger partial charge in [0.2, 0.25) is 0 Å². The molecule has 0 aromatic heterocycles. The van der Waals surface area contributed by atoms with Gasteiger partial charge in [-0.25, -0.2) is 14.2 Å². The van der Waals surface area contributed by atoms with Gasteiger partial charge in [-0.15, -0.1) is 0 Å². The Labute approximate surface area is 171 Å². The summed E-state index contributed by atoms with van der Waals surface area (Å²) in [6.07, 6.45) is 3.32. The zero-order valence-electron chi connectivity index (χ0n) is 17.4. The average molecular weight is 410 g/mol. The fourth-order valence-corrected chi connectivity index (χ4v) is 3.28. The van der Waals surface area contributed by atoms with Crippen molar-refractivity contribution in [2.24, 2.45) is 5.92 Å². The van der Waals surface area contributed by atoms with E-state index in [2.05, 4.69) is 0 Å². The molecule has 0 atom stereocenters. The molecule has 8 heteroatoms. The van der Waals surface area contributed by atoms with Gasteiger partial charge in [-0.05, 0) is 64.5 Å². The lowest BCUT2D eigenvalue weighted by atomic mass is 9.92. The van der Waals surface area contributed by atoms with Crippen LogP contribution in [-0.4, -0.2) is 59.5 Å². The van der Waals surface area contributed by atoms with Crippen LogP contribution in [0.2, 0.25) is 0 Å². The number of hydroxylamine groups is 2. The summed E-state index contributed by atoms with van der Waals surface area (Å²) in [7, 11) is 0. The molecule has 1 N–H and O–H groups in total. The summed E-state index contributed by atoms with van der Waals surface area (Å²) >= 11 is 0. The van der Waals surface area contributed by atoms with Crippen LogP contribution in [0.3, 0.4) is 0 Å². The summed E-state index contributed by atoms with van der Waals surface area (Å²) in [5, 5.41) is 9.88. The van der Waals surface area contributed by atoms with E-state index in [4.69, 9.17) is 9.47 Å². The Balaban J connectivity index is 1.70. The molecule has 162 valence electrons. The highest BCUT2D eigenvalue weighted by atomic mass is 19.1. The number of benzene rings is 1. The molecule has 1 aliphatic rings. The number of hydrogen-bond donors (Lipinski definition) is 1. The van der Waals surface area contributed by atoms with E-state index < -0.39 is 11.7 Å². The zero-order chi connectivity index (χ0) is 21.4. The first-order chi connectivity index (χ1) is 13.8. The normalized spacial score (nSPS) is 14.8. The number of likely N-dealkylation sites (tertiary alicyclic amines) is 1. The maximum atomic E-state index is 14.1. The number of amides is 2. The van der Waals surface area contributed by atoms with E-state index in [1.807, 2.05) is 13.8 Å². The number of hydrogen-bond acceptors (Lipinski definition) is 5. The molecule has 0 bridgehead atoms. The summed E-state index contributed by atoms with van der Waals surface area (Å²) in [6.45, 7) is 7.21. The summed E-state index contributed by atoms with van der Waals surface area (Å²) in [5.41, 5.74) is -0.190. The minimum absolute atomic E-state index is 0.0777. The first kappa shape index (κ1) is 22.9. The number of ether oxygens (including phenoxy) is 2. The minimum atomic E-state index is -0.778. The predicted octanol–water partition coefficient (Wildman–Crippen LogP) is 4.09. The third-order valence-electron chi connectivity index (χ3n) is 4.94. The highest BCUT2D eigenvalue weighted by molar-refractivity contribution is 5.93. The van der Waals surface area contributed by atoms with Crippen molar-refractivity contribution in [1.29, 1.82) is 0 Å². The Morgan fingerprint density at radius 2 is 2.00 bits per heavy atom. The molecule has 1 heterocycles. The Hall–Kier alpha value is -2.35. The third-order valence-corrected chi connectivity index (χ3v) is 4.94. The number of carbonyl (C=O) groups is 2. The van der Waals surface area contributed by atoms with Gasteiger partial charge in [0.05, 0.1) is 18.3 Å². The highest BCUT2D eigenvalue weighted by Gasteiger charge is 2.24. The number of nitrogens with zero attached hydrogens (tertiary/aromatic N) is 2. The van der Waals surface area contributed by atoms with Crippen LogP contribution in [0.5, 0.6) is 5.75 Å². The largest absolute Gasteiger partial charge is 0.493 e. The van der Waals surface area contributed by atoms with Crippen LogP contribution in [0.1, 0.15) is 56.8 Å². The molecule has 0 saturated carbocycles. The van der Waals surface area contributed by atoms with Crippen LogP contribution in [0.15, 0.2) is 18.2 Å². The quantitative estimate of drug-likeness (QED) is 0.397. The number of halogens is 1. The predicted molar refractivity (Wildman–Crippen MR) is 106 cm³/mol. The lowest BCUT2D eigenvalue weighted by Gasteiger charge is -2.31. The van der Waals surface area contributed by atoms with Crippen LogP contribution in [0.4, 0.5) is 9.18 Å². The summed E-state index contributed by atoms with van der Waals surface area (Å²) in [5.74, 6) is -0.616. The van der Waals surface area contributed by atoms with Crippen LogP contribution in [0, 0.1) is 11.7 Å². The fraction of sp³-hybridized carbons (Fsp3) is 0.619. The van der Waals surface area contributed by atoms with Gasteiger partial charge in [-0.1, -0.05) is 0 Å². The van der Waals surface area contributed by atoms with Crippen molar-refractivity contribution < 1.29 is 28.7 Å². The Morgan fingerprint density at radius 1 is 1.31 bits per heavy atom. The van der Waals surface area contributed by atoms with Gasteiger partial charge in [0.15, 0.2) is 0 Å². The van der Waals surface area contributed by atoms with E-state index in [9.17, 15) is 19.2 Å². The van der Waals surface area contributed by atoms with Crippen LogP contribution < -0.4 is 4.74 Å². The van der Waals surface area contributed by atoms with Gasteiger partial charge < -0.3 is 14.4 Å². The van der Waals surface area contributed by atoms with Crippen molar-refractivity contribution in [3.05, 3.63) is 29.6 Å². The second-order valence-corrected chi connectivity index (χ2v) is 7.52. The van der Waals surface area contributed by atoms with Crippen LogP contribution in [0.25, 0.3) is 0 Å². The van der Waals surface area contributed by atoms with E-state index in [-0.39, 0.29) is 24.3 Å². The Bertz CT molecular complexity index is 690. The minimum Gasteiger partial charge on any atom is -0.493 e. The van der Waals surface area contributed by atoms with Crippen LogP contribution in [-0.2, 0) is 4.74 Å². The molecule has 1 aromatic carbocycles. The second-order valence-electron chi connectivity index (χ2n) is 7.52. The SMILES string of the molecule is CCN(O)C(=O)c1ccc(OCCCC2CCN(C(=O)OC(C)C)CC2)cc1F. The molecule has 2 amide bonds. The molecule has 0 unspecified atom stereocenters. The Kier molecular flexibility index (Phi) is 8.70. The summed E-state index contributed by atoms with van der Waals surface area (Å²) < 4.78 is 24.9. The molecular formula is C21H31FN2O5. The van der Waals surface area contributed by atoms with E-state index in [0.29, 0.717) is 36.4 Å². The van der Waals surface area contributed by atoms with E-state index in [1.165, 1.54) is 12.1 Å². The van der Waals surface area contributed by atoms with Gasteiger partial charge in [0.25, 0.3) is 5.91 Å². The molecule has 2 rings (SSSR count). The average Bonchev–Trinajstić information content (AvgIpc) is 2.70. The Morgan fingerprint density at radius 3 is 2.59 bits per heavy atom. The van der Waals surface area contributed by atoms with Gasteiger partial charge in [0.1, 0.15) is 11.6 Å². The van der Waals surface area contributed by atoms with Gasteiger partial charge >= 0.3 is 6.09 Å². The summed E-state index contributed by atoms with van der Waals surface area (Å²) in [6, 6.07) is 4.01. The molecule has 7 nitrogen and oxygen atoms in total. The second kappa shape index (κ2) is 11.0. The zero-order valence-corrected chi connectivity index (χ0v) is 17.4. The van der Waals surface area contributed by atoms with Crippen molar-refractivity contribution in [3.63, 3.8) is 0 Å². The molecule has 29 heavy (non-hydrogen) atoms. The molecule has 1 saturated heterocycles. The molecule has 1 fully saturated rings. The van der Waals surface area contributed by atoms with E-state index >= 15 is 0 Å². The molecule has 1 aliphatic heterocycles. The first-order valence-corrected chi connectivity index (χ1v) is 10.2. The van der Waals surface area contributed by atoms with E-state index in [1.54, 1.807) is 11.8 Å². The molecule has 0 spiro atoms. The van der Waals surface area contributed by atoms with Crippen molar-refractivity contribution in [1.82, 2.24) is 9.96 Å². The van der Waals surface area contributed by atoms with Crippen molar-refractivity contribution >= 4 is 12.0 Å². The maximum absolute atomic E-state index is 14.1. The van der Waals surface area contributed by atoms with Gasteiger partial charge in [-0.2, -0.15) is 0 Å². The maximum Gasteiger partial charge on any atom is 0.410 e. The number of piperidine rings is 1. The molecule has 0 radical (unpaired) electrons. The number of rotatable bonds is 8. The third kappa shape index (κ3) is 6.88. The number of carbonyl (C=O) groups excluding carboxylic acids is 2. The first-order valence-electron chi connectivity index (χ1n) is 10.2. The fourth-order valence-electron chi connectivity index (χ4n) is 3.28. The smallest absolute Gasteiger partial charge is 0.410 e. The summed E-state index contributed by atoms with van der Waals surface area (Å²) in [4.78, 5) is 25.5. The van der Waals surface area contributed by atoms with Crippen molar-refractivity contribution in [2.45, 2.75) is 52.6 Å². The van der Waals surface area contributed by atoms with Crippen LogP contribution >= 0.6 is 0 Å². The van der Waals surface area contributed by atoms with Crippen molar-refractivity contribution in [2.75, 3.05) is 26.2 Å². The molecular weight excluding hydrogens is 379 g/mol. The standard InChI is InChI=1S/C21H31FN2O5/c1-4-24(27)20(25)18-8-7-17(14-19(18)22)28-13-5-6-16-9-11-23(12-10-16)21(26)29-15(2)3/h7-8,14-16,27H,4-6,9-13H2,1-3H3. The molecule has 0 aliphatic carbocycles. The monoisotopic (exact) mass is 410 g/mol. The lowest BCUT2D eigenvalue weighted by molar-refractivity contribution is -0.0544. The molecule has 1 aromatic rings. The van der Waals surface area contributed by atoms with Crippen molar-refractivity contribution in [3.8, 4) is 5.75 Å². The van der Waals surface area contributed by atoms with Gasteiger partial charge in [-0.3, -0.25) is 10.0 Å². The van der Waals surface area contributed by atoms with E-state index in [0.717, 1.165) is 31.7 Å². The topological polar surface area (TPSA) is 79.3 Å². The highest BCUT2D eigenvalue weighted by Crippen LogP contribution is 2.23. The lowest BCUT2D eigenvalue weighted by Crippen LogP contribution is -2.39.